The van der Waals surface area contributed by atoms with Gasteiger partial charge < -0.3 is 5.32 Å². The Kier molecular flexibility index (Phi) is 2.29. The molecule has 0 aliphatic heterocycles. The third-order valence-corrected chi connectivity index (χ3v) is 2.76. The SMILES string of the molecule is Cc1ccn(C(C)(C)C(=O)NC2CC2)n1. The summed E-state index contributed by atoms with van der Waals surface area (Å²) < 4.78 is 1.72. The van der Waals surface area contributed by atoms with Crippen LogP contribution >= 0.6 is 0 Å². The van der Waals surface area contributed by atoms with Gasteiger partial charge in [-0.3, -0.25) is 9.48 Å². The molecule has 4 heteroatoms. The van der Waals surface area contributed by atoms with Crippen LogP contribution in [0.2, 0.25) is 0 Å². The van der Waals surface area contributed by atoms with Crippen LogP contribution in [0.15, 0.2) is 12.3 Å². The molecule has 1 aliphatic carbocycles. The summed E-state index contributed by atoms with van der Waals surface area (Å²) in [5.74, 6) is 0.0492. The van der Waals surface area contributed by atoms with E-state index in [0.29, 0.717) is 6.04 Å². The van der Waals surface area contributed by atoms with Crippen molar-refractivity contribution < 1.29 is 4.79 Å². The largest absolute Gasteiger partial charge is 0.351 e. The summed E-state index contributed by atoms with van der Waals surface area (Å²) in [6, 6.07) is 2.31. The van der Waals surface area contributed by atoms with Gasteiger partial charge in [0.2, 0.25) is 5.91 Å². The lowest BCUT2D eigenvalue weighted by Gasteiger charge is -2.24. The fourth-order valence-corrected chi connectivity index (χ4v) is 1.42. The van der Waals surface area contributed by atoms with Crippen LogP contribution in [0, 0.1) is 6.92 Å². The molecule has 0 saturated heterocycles. The van der Waals surface area contributed by atoms with Crippen molar-refractivity contribution in [1.82, 2.24) is 15.1 Å². The lowest BCUT2D eigenvalue weighted by Crippen LogP contribution is -2.45. The molecule has 0 bridgehead atoms. The van der Waals surface area contributed by atoms with E-state index in [2.05, 4.69) is 10.4 Å². The monoisotopic (exact) mass is 207 g/mol. The summed E-state index contributed by atoms with van der Waals surface area (Å²) in [6.07, 6.45) is 4.07. The maximum atomic E-state index is 12.0. The zero-order chi connectivity index (χ0) is 11.1. The first-order valence-corrected chi connectivity index (χ1v) is 5.34. The topological polar surface area (TPSA) is 46.9 Å². The molecule has 0 unspecified atom stereocenters. The molecule has 1 fully saturated rings. The minimum absolute atomic E-state index is 0.0492. The van der Waals surface area contributed by atoms with E-state index in [9.17, 15) is 4.79 Å². The normalized spacial score (nSPS) is 16.5. The third-order valence-electron chi connectivity index (χ3n) is 2.76. The summed E-state index contributed by atoms with van der Waals surface area (Å²) >= 11 is 0. The van der Waals surface area contributed by atoms with Gasteiger partial charge in [0.15, 0.2) is 0 Å². The lowest BCUT2D eigenvalue weighted by atomic mass is 10.1. The predicted molar refractivity (Wildman–Crippen MR) is 57.5 cm³/mol. The maximum Gasteiger partial charge on any atom is 0.247 e. The Morgan fingerprint density at radius 2 is 2.27 bits per heavy atom. The van der Waals surface area contributed by atoms with Crippen molar-refractivity contribution in [1.29, 1.82) is 0 Å². The van der Waals surface area contributed by atoms with Crippen LogP contribution < -0.4 is 5.32 Å². The van der Waals surface area contributed by atoms with Gasteiger partial charge in [-0.1, -0.05) is 0 Å². The van der Waals surface area contributed by atoms with Crippen molar-refractivity contribution in [2.75, 3.05) is 0 Å². The Morgan fingerprint density at radius 1 is 1.60 bits per heavy atom. The van der Waals surface area contributed by atoms with E-state index >= 15 is 0 Å². The number of hydrogen-bond donors (Lipinski definition) is 1. The molecule has 1 N–H and O–H groups in total. The van der Waals surface area contributed by atoms with E-state index in [1.165, 1.54) is 0 Å². The number of amides is 1. The highest BCUT2D eigenvalue weighted by molar-refractivity contribution is 5.84. The summed E-state index contributed by atoms with van der Waals surface area (Å²) in [7, 11) is 0. The molecule has 1 aromatic heterocycles. The number of nitrogens with one attached hydrogen (secondary N) is 1. The van der Waals surface area contributed by atoms with Gasteiger partial charge in [0, 0.05) is 12.2 Å². The standard InChI is InChI=1S/C11H17N3O/c1-8-6-7-14(13-8)11(2,3)10(15)12-9-4-5-9/h6-7,9H,4-5H2,1-3H3,(H,12,15). The van der Waals surface area contributed by atoms with Gasteiger partial charge in [0.25, 0.3) is 0 Å². The Balaban J connectivity index is 2.13. The molecule has 0 aromatic carbocycles. The van der Waals surface area contributed by atoms with Crippen LogP contribution in [-0.4, -0.2) is 21.7 Å². The van der Waals surface area contributed by atoms with Crippen LogP contribution in [-0.2, 0) is 10.3 Å². The molecule has 0 atom stereocenters. The van der Waals surface area contributed by atoms with Gasteiger partial charge in [0.1, 0.15) is 5.54 Å². The Hall–Kier alpha value is -1.32. The average molecular weight is 207 g/mol. The quantitative estimate of drug-likeness (QED) is 0.809. The van der Waals surface area contributed by atoms with E-state index in [4.69, 9.17) is 0 Å². The van der Waals surface area contributed by atoms with E-state index in [0.717, 1.165) is 18.5 Å². The van der Waals surface area contributed by atoms with Crippen LogP contribution in [0.4, 0.5) is 0 Å². The number of hydrogen-bond acceptors (Lipinski definition) is 2. The maximum absolute atomic E-state index is 12.0. The van der Waals surface area contributed by atoms with Crippen LogP contribution in [0.25, 0.3) is 0 Å². The van der Waals surface area contributed by atoms with Crippen LogP contribution in [0.3, 0.4) is 0 Å². The van der Waals surface area contributed by atoms with Gasteiger partial charge >= 0.3 is 0 Å². The fraction of sp³-hybridized carbons (Fsp3) is 0.636. The Labute approximate surface area is 89.7 Å². The van der Waals surface area contributed by atoms with Crippen molar-refractivity contribution in [2.24, 2.45) is 0 Å². The molecular weight excluding hydrogens is 190 g/mol. The summed E-state index contributed by atoms with van der Waals surface area (Å²) in [6.45, 7) is 5.69. The minimum Gasteiger partial charge on any atom is -0.351 e. The van der Waals surface area contributed by atoms with E-state index in [1.807, 2.05) is 33.0 Å². The molecule has 2 rings (SSSR count). The zero-order valence-corrected chi connectivity index (χ0v) is 9.45. The highest BCUT2D eigenvalue weighted by Gasteiger charge is 2.34. The predicted octanol–water partition coefficient (Wildman–Crippen LogP) is 1.21. The zero-order valence-electron chi connectivity index (χ0n) is 9.45. The number of rotatable bonds is 3. The Bertz CT molecular complexity index is 377. The summed E-state index contributed by atoms with van der Waals surface area (Å²) in [5.41, 5.74) is 0.332. The lowest BCUT2D eigenvalue weighted by molar-refractivity contribution is -0.129. The van der Waals surface area contributed by atoms with Crippen LogP contribution in [0.1, 0.15) is 32.4 Å². The average Bonchev–Trinajstić information content (AvgIpc) is 2.86. The second kappa shape index (κ2) is 3.36. The van der Waals surface area contributed by atoms with E-state index in [1.54, 1.807) is 4.68 Å². The second-order valence-corrected chi connectivity index (χ2v) is 4.71. The number of aryl methyl sites for hydroxylation is 1. The molecule has 4 nitrogen and oxygen atoms in total. The van der Waals surface area contributed by atoms with Gasteiger partial charge in [0.05, 0.1) is 5.69 Å². The molecule has 1 aliphatic rings. The molecule has 1 heterocycles. The molecule has 1 amide bonds. The number of carbonyl (C=O) groups excluding carboxylic acids is 1. The summed E-state index contributed by atoms with van der Waals surface area (Å²) in [4.78, 5) is 12.0. The molecule has 1 saturated carbocycles. The second-order valence-electron chi connectivity index (χ2n) is 4.71. The molecule has 0 radical (unpaired) electrons. The fourth-order valence-electron chi connectivity index (χ4n) is 1.42. The van der Waals surface area contributed by atoms with Gasteiger partial charge in [-0.2, -0.15) is 5.10 Å². The van der Waals surface area contributed by atoms with E-state index in [-0.39, 0.29) is 5.91 Å². The van der Waals surface area contributed by atoms with E-state index < -0.39 is 5.54 Å². The smallest absolute Gasteiger partial charge is 0.247 e. The molecule has 82 valence electrons. The van der Waals surface area contributed by atoms with Gasteiger partial charge in [-0.15, -0.1) is 0 Å². The number of carbonyl (C=O) groups is 1. The molecule has 15 heavy (non-hydrogen) atoms. The molecule has 1 aromatic rings. The highest BCUT2D eigenvalue weighted by atomic mass is 16.2. The first-order chi connectivity index (χ1) is 7.00. The highest BCUT2D eigenvalue weighted by Crippen LogP contribution is 2.22. The van der Waals surface area contributed by atoms with Crippen molar-refractivity contribution in [3.05, 3.63) is 18.0 Å². The summed E-state index contributed by atoms with van der Waals surface area (Å²) in [5, 5.41) is 7.29. The first kappa shape index (κ1) is 10.2. The minimum atomic E-state index is -0.600. The number of nitrogens with zero attached hydrogens (tertiary/aromatic N) is 2. The first-order valence-electron chi connectivity index (χ1n) is 5.34. The van der Waals surface area contributed by atoms with Crippen molar-refractivity contribution in [3.8, 4) is 0 Å². The number of aromatic nitrogens is 2. The van der Waals surface area contributed by atoms with Crippen molar-refractivity contribution >= 4 is 5.91 Å². The third kappa shape index (κ3) is 2.03. The van der Waals surface area contributed by atoms with Gasteiger partial charge in [-0.25, -0.2) is 0 Å². The Morgan fingerprint density at radius 3 is 2.73 bits per heavy atom. The van der Waals surface area contributed by atoms with Crippen LogP contribution in [0.5, 0.6) is 0 Å². The van der Waals surface area contributed by atoms with Crippen molar-refractivity contribution in [3.63, 3.8) is 0 Å². The van der Waals surface area contributed by atoms with Gasteiger partial charge in [-0.05, 0) is 39.7 Å². The van der Waals surface area contributed by atoms with Crippen molar-refractivity contribution in [2.45, 2.75) is 45.2 Å². The molecule has 0 spiro atoms. The molecular formula is C11H17N3O.